The number of nitrogens with two attached hydrogens (primary N) is 1. The number of carbonyl (C=O) groups is 2. The van der Waals surface area contributed by atoms with Crippen LogP contribution in [0.15, 0.2) is 48.5 Å². The molecule has 6 heteroatoms. The third-order valence-electron chi connectivity index (χ3n) is 3.95. The second-order valence-electron chi connectivity index (χ2n) is 7.22. The quantitative estimate of drug-likeness (QED) is 0.699. The Morgan fingerprint density at radius 1 is 1.00 bits per heavy atom. The van der Waals surface area contributed by atoms with Crippen molar-refractivity contribution in [1.82, 2.24) is 5.32 Å². The molecule has 0 aliphatic carbocycles. The summed E-state index contributed by atoms with van der Waals surface area (Å²) in [5.74, 6) is 0.104. The summed E-state index contributed by atoms with van der Waals surface area (Å²) in [6.07, 6.45) is 0. The smallest absolute Gasteiger partial charge is 0.251 e. The van der Waals surface area contributed by atoms with E-state index in [0.717, 1.165) is 5.56 Å². The first-order valence-electron chi connectivity index (χ1n) is 8.91. The fourth-order valence-corrected chi connectivity index (χ4v) is 2.40. The number of benzene rings is 2. The Hall–Kier alpha value is -2.86. The highest BCUT2D eigenvalue weighted by molar-refractivity contribution is 5.99. The average Bonchev–Trinajstić information content (AvgIpc) is 2.65. The molecule has 2 amide bonds. The van der Waals surface area contributed by atoms with Gasteiger partial charge in [0.25, 0.3) is 5.91 Å². The molecule has 0 aromatic heterocycles. The number of hydrogen-bond donors (Lipinski definition) is 3. The van der Waals surface area contributed by atoms with Crippen LogP contribution < -0.4 is 21.1 Å². The van der Waals surface area contributed by atoms with Crippen molar-refractivity contribution in [1.29, 1.82) is 0 Å². The summed E-state index contributed by atoms with van der Waals surface area (Å²) >= 11 is 0. The molecule has 0 unspecified atom stereocenters. The van der Waals surface area contributed by atoms with E-state index in [4.69, 9.17) is 10.5 Å². The summed E-state index contributed by atoms with van der Waals surface area (Å²) in [5.41, 5.74) is 7.71. The molecule has 0 heterocycles. The standard InChI is InChI=1S/C21H27N3O3/c1-21(2,3)16-6-4-15(5-7-16)20(26)23-14-19(25)24-17-8-10-18(11-9-17)27-13-12-22/h4-11H,12-14,22H2,1-3H3,(H,23,26)(H,24,25). The molecule has 0 fully saturated rings. The molecule has 2 aromatic rings. The minimum Gasteiger partial charge on any atom is -0.492 e. The molecular weight excluding hydrogens is 342 g/mol. The predicted octanol–water partition coefficient (Wildman–Crippen LogP) is 2.69. The lowest BCUT2D eigenvalue weighted by Gasteiger charge is -2.19. The van der Waals surface area contributed by atoms with Crippen molar-refractivity contribution in [2.45, 2.75) is 26.2 Å². The van der Waals surface area contributed by atoms with Crippen LogP contribution in [0, 0.1) is 0 Å². The second kappa shape index (κ2) is 9.19. The van der Waals surface area contributed by atoms with Crippen LogP contribution >= 0.6 is 0 Å². The molecule has 144 valence electrons. The molecule has 0 bridgehead atoms. The third kappa shape index (κ3) is 6.42. The Morgan fingerprint density at radius 3 is 2.19 bits per heavy atom. The largest absolute Gasteiger partial charge is 0.492 e. The molecule has 27 heavy (non-hydrogen) atoms. The van der Waals surface area contributed by atoms with Crippen molar-refractivity contribution in [3.8, 4) is 5.75 Å². The molecule has 0 radical (unpaired) electrons. The van der Waals surface area contributed by atoms with Crippen molar-refractivity contribution < 1.29 is 14.3 Å². The van der Waals surface area contributed by atoms with Gasteiger partial charge in [0.1, 0.15) is 12.4 Å². The SMILES string of the molecule is CC(C)(C)c1ccc(C(=O)NCC(=O)Nc2ccc(OCCN)cc2)cc1. The molecular formula is C21H27N3O3. The van der Waals surface area contributed by atoms with Crippen LogP contribution in [0.5, 0.6) is 5.75 Å². The van der Waals surface area contributed by atoms with Gasteiger partial charge in [-0.25, -0.2) is 0 Å². The molecule has 2 aromatic carbocycles. The van der Waals surface area contributed by atoms with Crippen LogP contribution in [0.3, 0.4) is 0 Å². The summed E-state index contributed by atoms with van der Waals surface area (Å²) in [7, 11) is 0. The Kier molecular flexibility index (Phi) is 6.96. The van der Waals surface area contributed by atoms with Gasteiger partial charge in [0.05, 0.1) is 6.54 Å². The fraction of sp³-hybridized carbons (Fsp3) is 0.333. The highest BCUT2D eigenvalue weighted by Gasteiger charge is 2.14. The number of nitrogens with one attached hydrogen (secondary N) is 2. The van der Waals surface area contributed by atoms with Crippen molar-refractivity contribution in [2.75, 3.05) is 25.0 Å². The maximum Gasteiger partial charge on any atom is 0.251 e. The number of hydrogen-bond acceptors (Lipinski definition) is 4. The number of amides is 2. The Bertz CT molecular complexity index is 763. The van der Waals surface area contributed by atoms with E-state index >= 15 is 0 Å². The van der Waals surface area contributed by atoms with E-state index in [-0.39, 0.29) is 23.8 Å². The lowest BCUT2D eigenvalue weighted by Crippen LogP contribution is -2.32. The van der Waals surface area contributed by atoms with Crippen molar-refractivity contribution >= 4 is 17.5 Å². The van der Waals surface area contributed by atoms with E-state index in [0.29, 0.717) is 30.2 Å². The summed E-state index contributed by atoms with van der Waals surface area (Å²) in [4.78, 5) is 24.2. The van der Waals surface area contributed by atoms with E-state index < -0.39 is 0 Å². The van der Waals surface area contributed by atoms with Gasteiger partial charge in [-0.2, -0.15) is 0 Å². The van der Waals surface area contributed by atoms with Gasteiger partial charge in [-0.05, 0) is 47.4 Å². The van der Waals surface area contributed by atoms with Crippen LogP contribution in [0.25, 0.3) is 0 Å². The zero-order valence-electron chi connectivity index (χ0n) is 16.0. The molecule has 0 aliphatic heterocycles. The number of ether oxygens (including phenoxy) is 1. The summed E-state index contributed by atoms with van der Waals surface area (Å²) in [5, 5.41) is 5.35. The first-order valence-corrected chi connectivity index (χ1v) is 8.91. The van der Waals surface area contributed by atoms with Crippen LogP contribution in [0.2, 0.25) is 0 Å². The van der Waals surface area contributed by atoms with Crippen LogP contribution in [-0.2, 0) is 10.2 Å². The van der Waals surface area contributed by atoms with Crippen molar-refractivity contribution in [3.63, 3.8) is 0 Å². The highest BCUT2D eigenvalue weighted by atomic mass is 16.5. The third-order valence-corrected chi connectivity index (χ3v) is 3.95. The highest BCUT2D eigenvalue weighted by Crippen LogP contribution is 2.22. The summed E-state index contributed by atoms with van der Waals surface area (Å²) < 4.78 is 5.38. The summed E-state index contributed by atoms with van der Waals surface area (Å²) in [6, 6.07) is 14.4. The Labute approximate surface area is 160 Å². The van der Waals surface area contributed by atoms with Gasteiger partial charge in [-0.15, -0.1) is 0 Å². The molecule has 6 nitrogen and oxygen atoms in total. The molecule has 0 saturated heterocycles. The van der Waals surface area contributed by atoms with E-state index in [1.807, 2.05) is 12.1 Å². The number of anilines is 1. The zero-order chi connectivity index (χ0) is 19.9. The lowest BCUT2D eigenvalue weighted by atomic mass is 9.87. The number of rotatable bonds is 7. The van der Waals surface area contributed by atoms with Gasteiger partial charge in [0.2, 0.25) is 5.91 Å². The van der Waals surface area contributed by atoms with Gasteiger partial charge in [0, 0.05) is 17.8 Å². The van der Waals surface area contributed by atoms with Gasteiger partial charge in [-0.1, -0.05) is 32.9 Å². The maximum absolute atomic E-state index is 12.2. The maximum atomic E-state index is 12.2. The zero-order valence-corrected chi connectivity index (χ0v) is 16.0. The van der Waals surface area contributed by atoms with Crippen LogP contribution in [0.1, 0.15) is 36.7 Å². The average molecular weight is 369 g/mol. The van der Waals surface area contributed by atoms with Crippen molar-refractivity contribution in [3.05, 3.63) is 59.7 Å². The van der Waals surface area contributed by atoms with E-state index in [9.17, 15) is 9.59 Å². The minimum absolute atomic E-state index is 0.0276. The minimum atomic E-state index is -0.301. The molecule has 4 N–H and O–H groups in total. The topological polar surface area (TPSA) is 93.5 Å². The monoisotopic (exact) mass is 369 g/mol. The van der Waals surface area contributed by atoms with Crippen LogP contribution in [-0.4, -0.2) is 31.5 Å². The first-order chi connectivity index (χ1) is 12.8. The Morgan fingerprint density at radius 2 is 1.63 bits per heavy atom. The normalized spacial score (nSPS) is 11.0. The lowest BCUT2D eigenvalue weighted by molar-refractivity contribution is -0.115. The van der Waals surface area contributed by atoms with E-state index in [1.165, 1.54) is 0 Å². The fourth-order valence-electron chi connectivity index (χ4n) is 2.40. The Balaban J connectivity index is 1.83. The molecule has 0 atom stereocenters. The van der Waals surface area contributed by atoms with Gasteiger partial charge in [0.15, 0.2) is 0 Å². The second-order valence-corrected chi connectivity index (χ2v) is 7.22. The molecule has 0 saturated carbocycles. The van der Waals surface area contributed by atoms with Crippen molar-refractivity contribution in [2.24, 2.45) is 5.73 Å². The van der Waals surface area contributed by atoms with Gasteiger partial charge in [-0.3, -0.25) is 9.59 Å². The first kappa shape index (κ1) is 20.5. The molecule has 0 aliphatic rings. The van der Waals surface area contributed by atoms with Crippen LogP contribution in [0.4, 0.5) is 5.69 Å². The van der Waals surface area contributed by atoms with Gasteiger partial charge < -0.3 is 21.1 Å². The van der Waals surface area contributed by atoms with Gasteiger partial charge >= 0.3 is 0 Å². The molecule has 0 spiro atoms. The predicted molar refractivity (Wildman–Crippen MR) is 107 cm³/mol. The van der Waals surface area contributed by atoms with E-state index in [2.05, 4.69) is 31.4 Å². The summed E-state index contributed by atoms with van der Waals surface area (Å²) in [6.45, 7) is 7.12. The number of carbonyl (C=O) groups excluding carboxylic acids is 2. The van der Waals surface area contributed by atoms with E-state index in [1.54, 1.807) is 36.4 Å². The molecule has 2 rings (SSSR count).